The fourth-order valence-corrected chi connectivity index (χ4v) is 3.97. The summed E-state index contributed by atoms with van der Waals surface area (Å²) in [5.41, 5.74) is 3.15. The van der Waals surface area contributed by atoms with Gasteiger partial charge in [-0.3, -0.25) is 9.89 Å². The van der Waals surface area contributed by atoms with Crippen LogP contribution < -0.4 is 5.32 Å². The summed E-state index contributed by atoms with van der Waals surface area (Å²) in [7, 11) is 0. The van der Waals surface area contributed by atoms with Crippen molar-refractivity contribution in [1.29, 1.82) is 0 Å². The topological polar surface area (TPSA) is 70.7 Å². The Hall–Kier alpha value is -2.12. The number of amides is 1. The Morgan fingerprint density at radius 3 is 2.88 bits per heavy atom. The van der Waals surface area contributed by atoms with Gasteiger partial charge in [0.15, 0.2) is 0 Å². The molecular formula is C19H22N4OS2. The van der Waals surface area contributed by atoms with Crippen LogP contribution in [0.25, 0.3) is 0 Å². The summed E-state index contributed by atoms with van der Waals surface area (Å²) in [4.78, 5) is 18.1. The average molecular weight is 387 g/mol. The zero-order valence-electron chi connectivity index (χ0n) is 15.1. The van der Waals surface area contributed by atoms with Gasteiger partial charge < -0.3 is 5.32 Å². The van der Waals surface area contributed by atoms with Gasteiger partial charge in [0.25, 0.3) is 0 Å². The summed E-state index contributed by atoms with van der Waals surface area (Å²) >= 11 is 3.03. The number of hydrogen-bond donors (Lipinski definition) is 2. The SMILES string of the molecule is Cc1cccc(C(C)C)c1NC(=O)CSc1n[nH]c(Cc2cccs2)n1. The van der Waals surface area contributed by atoms with E-state index in [4.69, 9.17) is 0 Å². The fourth-order valence-electron chi connectivity index (χ4n) is 2.65. The van der Waals surface area contributed by atoms with Crippen molar-refractivity contribution in [3.8, 4) is 0 Å². The number of H-pyrrole nitrogens is 1. The molecule has 0 fully saturated rings. The van der Waals surface area contributed by atoms with E-state index in [9.17, 15) is 4.79 Å². The number of carbonyl (C=O) groups excluding carboxylic acids is 1. The molecule has 0 spiro atoms. The van der Waals surface area contributed by atoms with Crippen molar-refractivity contribution < 1.29 is 4.79 Å². The van der Waals surface area contributed by atoms with Crippen LogP contribution >= 0.6 is 23.1 Å². The van der Waals surface area contributed by atoms with Crippen LogP contribution in [0.2, 0.25) is 0 Å². The van der Waals surface area contributed by atoms with Gasteiger partial charge in [-0.25, -0.2) is 4.98 Å². The Morgan fingerprint density at radius 2 is 2.15 bits per heavy atom. The molecule has 0 unspecified atom stereocenters. The zero-order chi connectivity index (χ0) is 18.5. The van der Waals surface area contributed by atoms with Crippen LogP contribution in [0.5, 0.6) is 0 Å². The zero-order valence-corrected chi connectivity index (χ0v) is 16.7. The number of nitrogens with one attached hydrogen (secondary N) is 2. The second kappa shape index (κ2) is 8.51. The second-order valence-corrected chi connectivity index (χ2v) is 8.33. The Morgan fingerprint density at radius 1 is 1.31 bits per heavy atom. The summed E-state index contributed by atoms with van der Waals surface area (Å²) in [6.45, 7) is 6.27. The molecule has 0 saturated carbocycles. The van der Waals surface area contributed by atoms with E-state index in [1.165, 1.54) is 16.6 Å². The van der Waals surface area contributed by atoms with Crippen LogP contribution in [-0.2, 0) is 11.2 Å². The molecule has 1 amide bonds. The lowest BCUT2D eigenvalue weighted by atomic mass is 9.98. The number of para-hydroxylation sites is 1. The largest absolute Gasteiger partial charge is 0.325 e. The number of carbonyl (C=O) groups is 1. The monoisotopic (exact) mass is 386 g/mol. The third kappa shape index (κ3) is 4.74. The van der Waals surface area contributed by atoms with Crippen LogP contribution in [0.15, 0.2) is 40.9 Å². The highest BCUT2D eigenvalue weighted by Crippen LogP contribution is 2.27. The van der Waals surface area contributed by atoms with Crippen LogP contribution in [0.3, 0.4) is 0 Å². The highest BCUT2D eigenvalue weighted by atomic mass is 32.2. The van der Waals surface area contributed by atoms with E-state index in [-0.39, 0.29) is 11.7 Å². The van der Waals surface area contributed by atoms with Crippen LogP contribution in [-0.4, -0.2) is 26.8 Å². The summed E-state index contributed by atoms with van der Waals surface area (Å²) in [5.74, 6) is 1.40. The Bertz CT molecular complexity index is 872. The second-order valence-electron chi connectivity index (χ2n) is 6.35. The molecule has 0 radical (unpaired) electrons. The molecule has 2 N–H and O–H groups in total. The Kier molecular flexibility index (Phi) is 6.11. The smallest absolute Gasteiger partial charge is 0.234 e. The van der Waals surface area contributed by atoms with Gasteiger partial charge in [-0.15, -0.1) is 16.4 Å². The molecule has 5 nitrogen and oxygen atoms in total. The molecule has 1 aromatic carbocycles. The molecule has 3 rings (SSSR count). The average Bonchev–Trinajstić information content (AvgIpc) is 3.27. The lowest BCUT2D eigenvalue weighted by Gasteiger charge is -2.16. The molecule has 0 aliphatic heterocycles. The third-order valence-electron chi connectivity index (χ3n) is 3.96. The predicted molar refractivity (Wildman–Crippen MR) is 108 cm³/mol. The van der Waals surface area contributed by atoms with Gasteiger partial charge in [0.05, 0.1) is 5.75 Å². The lowest BCUT2D eigenvalue weighted by molar-refractivity contribution is -0.113. The van der Waals surface area contributed by atoms with Gasteiger partial charge in [-0.1, -0.05) is 49.9 Å². The first-order chi connectivity index (χ1) is 12.5. The number of aromatic nitrogens is 3. The third-order valence-corrected chi connectivity index (χ3v) is 5.68. The van der Waals surface area contributed by atoms with E-state index in [1.54, 1.807) is 11.3 Å². The van der Waals surface area contributed by atoms with Crippen molar-refractivity contribution in [1.82, 2.24) is 15.2 Å². The first-order valence-electron chi connectivity index (χ1n) is 8.48. The van der Waals surface area contributed by atoms with Gasteiger partial charge in [0, 0.05) is 17.0 Å². The number of nitrogens with zero attached hydrogens (tertiary/aromatic N) is 2. The molecule has 26 heavy (non-hydrogen) atoms. The minimum absolute atomic E-state index is 0.0455. The normalized spacial score (nSPS) is 11.1. The molecule has 0 bridgehead atoms. The summed E-state index contributed by atoms with van der Waals surface area (Å²) in [6, 6.07) is 10.2. The number of thioether (sulfide) groups is 1. The molecule has 2 heterocycles. The van der Waals surface area contributed by atoms with Gasteiger partial charge in [-0.05, 0) is 35.4 Å². The molecule has 7 heteroatoms. The van der Waals surface area contributed by atoms with Gasteiger partial charge in [-0.2, -0.15) is 0 Å². The number of anilines is 1. The fraction of sp³-hybridized carbons (Fsp3) is 0.316. The molecule has 0 saturated heterocycles. The molecule has 3 aromatic rings. The number of aryl methyl sites for hydroxylation is 1. The maximum Gasteiger partial charge on any atom is 0.234 e. The molecule has 0 aliphatic carbocycles. The quantitative estimate of drug-likeness (QED) is 0.581. The summed E-state index contributed by atoms with van der Waals surface area (Å²) in [6.07, 6.45) is 0.735. The molecule has 0 aliphatic rings. The first-order valence-corrected chi connectivity index (χ1v) is 10.3. The van der Waals surface area contributed by atoms with Gasteiger partial charge in [0.2, 0.25) is 11.1 Å². The number of rotatable bonds is 7. The van der Waals surface area contributed by atoms with Crippen molar-refractivity contribution in [2.24, 2.45) is 0 Å². The maximum atomic E-state index is 12.4. The highest BCUT2D eigenvalue weighted by molar-refractivity contribution is 7.99. The van der Waals surface area contributed by atoms with Crippen molar-refractivity contribution >= 4 is 34.7 Å². The minimum atomic E-state index is -0.0455. The molecule has 2 aromatic heterocycles. The van der Waals surface area contributed by atoms with E-state index in [2.05, 4.69) is 46.5 Å². The van der Waals surface area contributed by atoms with Crippen molar-refractivity contribution in [2.75, 3.05) is 11.1 Å². The van der Waals surface area contributed by atoms with Gasteiger partial charge >= 0.3 is 0 Å². The molecule has 0 atom stereocenters. The van der Waals surface area contributed by atoms with Crippen LogP contribution in [0, 0.1) is 6.92 Å². The molecular weight excluding hydrogens is 364 g/mol. The van der Waals surface area contributed by atoms with Crippen LogP contribution in [0.1, 0.15) is 41.6 Å². The lowest BCUT2D eigenvalue weighted by Crippen LogP contribution is -2.16. The van der Waals surface area contributed by atoms with E-state index in [0.29, 0.717) is 11.1 Å². The molecule has 136 valence electrons. The number of thiophene rings is 1. The first kappa shape index (κ1) is 18.7. The Balaban J connectivity index is 1.57. The Labute approximate surface area is 161 Å². The highest BCUT2D eigenvalue weighted by Gasteiger charge is 2.13. The van der Waals surface area contributed by atoms with E-state index >= 15 is 0 Å². The van der Waals surface area contributed by atoms with Crippen molar-refractivity contribution in [3.05, 3.63) is 57.5 Å². The van der Waals surface area contributed by atoms with Crippen molar-refractivity contribution in [2.45, 2.75) is 38.3 Å². The number of hydrogen-bond acceptors (Lipinski definition) is 5. The maximum absolute atomic E-state index is 12.4. The van der Waals surface area contributed by atoms with E-state index in [0.717, 1.165) is 29.1 Å². The number of benzene rings is 1. The van der Waals surface area contributed by atoms with Crippen molar-refractivity contribution in [3.63, 3.8) is 0 Å². The summed E-state index contributed by atoms with van der Waals surface area (Å²) in [5, 5.41) is 12.8. The van der Waals surface area contributed by atoms with Gasteiger partial charge in [0.1, 0.15) is 5.82 Å². The van der Waals surface area contributed by atoms with E-state index < -0.39 is 0 Å². The van der Waals surface area contributed by atoms with E-state index in [1.807, 2.05) is 30.5 Å². The summed E-state index contributed by atoms with van der Waals surface area (Å²) < 4.78 is 0. The standard InChI is InChI=1S/C19H22N4OS2/c1-12(2)15-8-4-6-13(3)18(15)21-17(24)11-26-19-20-16(22-23-19)10-14-7-5-9-25-14/h4-9,12H,10-11H2,1-3H3,(H,21,24)(H,20,22,23). The number of aromatic amines is 1. The van der Waals surface area contributed by atoms with Crippen LogP contribution in [0.4, 0.5) is 5.69 Å². The predicted octanol–water partition coefficient (Wildman–Crippen LogP) is 4.62. The minimum Gasteiger partial charge on any atom is -0.325 e.